The lowest BCUT2D eigenvalue weighted by molar-refractivity contribution is -0.135. The van der Waals surface area contributed by atoms with Crippen molar-refractivity contribution in [2.45, 2.75) is 33.6 Å². The number of likely N-dealkylation sites (tertiary alicyclic amines) is 1. The number of aliphatic hydroxyl groups is 1. The second-order valence-electron chi connectivity index (χ2n) is 3.22. The molecule has 1 saturated heterocycles. The highest BCUT2D eigenvalue weighted by atomic mass is 16.3. The topological polar surface area (TPSA) is 40.5 Å². The normalized spacial score (nSPS) is 17.7. The van der Waals surface area contributed by atoms with Gasteiger partial charge in [-0.3, -0.25) is 4.79 Å². The smallest absolute Gasteiger partial charge is 0.248 e. The molecular weight excluding hydrogens is 166 g/mol. The van der Waals surface area contributed by atoms with Crippen molar-refractivity contribution in [2.75, 3.05) is 19.7 Å². The van der Waals surface area contributed by atoms with Crippen LogP contribution in [0.1, 0.15) is 33.6 Å². The molecule has 0 radical (unpaired) electrons. The molecule has 13 heavy (non-hydrogen) atoms. The average Bonchev–Trinajstić information content (AvgIpc) is 2.21. The van der Waals surface area contributed by atoms with Gasteiger partial charge >= 0.3 is 0 Å². The van der Waals surface area contributed by atoms with Crippen molar-refractivity contribution in [3.05, 3.63) is 0 Å². The fourth-order valence-corrected chi connectivity index (χ4v) is 1.36. The third kappa shape index (κ3) is 4.27. The number of rotatable bonds is 1. The largest absolute Gasteiger partial charge is 0.387 e. The van der Waals surface area contributed by atoms with Crippen LogP contribution in [0.5, 0.6) is 0 Å². The number of carbonyl (C=O) groups is 1. The summed E-state index contributed by atoms with van der Waals surface area (Å²) in [7, 11) is 0. The summed E-state index contributed by atoms with van der Waals surface area (Å²) < 4.78 is 0. The summed E-state index contributed by atoms with van der Waals surface area (Å²) in [5.41, 5.74) is 0. The van der Waals surface area contributed by atoms with Crippen molar-refractivity contribution >= 4 is 5.91 Å². The zero-order valence-corrected chi connectivity index (χ0v) is 8.92. The summed E-state index contributed by atoms with van der Waals surface area (Å²) in [6, 6.07) is 0. The molecule has 1 rings (SSSR count). The summed E-state index contributed by atoms with van der Waals surface area (Å²) in [5.74, 6) is 0.606. The Hall–Kier alpha value is -0.570. The van der Waals surface area contributed by atoms with Gasteiger partial charge in [0.15, 0.2) is 0 Å². The molecule has 1 fully saturated rings. The molecule has 1 N–H and O–H groups in total. The molecule has 1 heterocycles. The maximum Gasteiger partial charge on any atom is 0.248 e. The fourth-order valence-electron chi connectivity index (χ4n) is 1.36. The molecule has 0 bridgehead atoms. The molecule has 0 aromatic rings. The predicted molar refractivity (Wildman–Crippen MR) is 53.4 cm³/mol. The fraction of sp³-hybridized carbons (Fsp3) is 0.900. The first-order chi connectivity index (χ1) is 6.24. The monoisotopic (exact) mass is 187 g/mol. The second kappa shape index (κ2) is 6.89. The summed E-state index contributed by atoms with van der Waals surface area (Å²) in [4.78, 5) is 12.7. The van der Waals surface area contributed by atoms with E-state index in [0.29, 0.717) is 0 Å². The average molecular weight is 187 g/mol. The van der Waals surface area contributed by atoms with E-state index in [1.165, 1.54) is 0 Å². The Morgan fingerprint density at radius 3 is 2.23 bits per heavy atom. The molecule has 1 amide bonds. The lowest BCUT2D eigenvalue weighted by Crippen LogP contribution is -2.39. The number of hydrogen-bond acceptors (Lipinski definition) is 2. The molecule has 1 aliphatic rings. The number of hydrogen-bond donors (Lipinski definition) is 1. The molecular formula is C10H21NO2. The zero-order valence-electron chi connectivity index (χ0n) is 8.92. The third-order valence-electron chi connectivity index (χ3n) is 2.27. The van der Waals surface area contributed by atoms with Crippen LogP contribution in [0.25, 0.3) is 0 Å². The first-order valence-corrected chi connectivity index (χ1v) is 5.12. The molecule has 0 spiro atoms. The van der Waals surface area contributed by atoms with Gasteiger partial charge in [0.25, 0.3) is 0 Å². The van der Waals surface area contributed by atoms with Gasteiger partial charge in [0, 0.05) is 13.1 Å². The van der Waals surface area contributed by atoms with E-state index in [0.717, 1.165) is 31.8 Å². The number of piperidine rings is 1. The van der Waals surface area contributed by atoms with Gasteiger partial charge in [-0.25, -0.2) is 0 Å². The molecule has 0 atom stereocenters. The van der Waals surface area contributed by atoms with Crippen LogP contribution >= 0.6 is 0 Å². The van der Waals surface area contributed by atoms with Crippen molar-refractivity contribution in [1.29, 1.82) is 0 Å². The predicted octanol–water partition coefficient (Wildman–Crippen LogP) is 1.26. The quantitative estimate of drug-likeness (QED) is 0.671. The van der Waals surface area contributed by atoms with E-state index in [2.05, 4.69) is 6.92 Å². The van der Waals surface area contributed by atoms with Crippen LogP contribution in [0.4, 0.5) is 0 Å². The van der Waals surface area contributed by atoms with E-state index in [1.54, 1.807) is 4.90 Å². The molecule has 1 aliphatic heterocycles. The summed E-state index contributed by atoms with van der Waals surface area (Å²) in [6.07, 6.45) is 2.15. The van der Waals surface area contributed by atoms with Gasteiger partial charge in [-0.05, 0) is 18.8 Å². The van der Waals surface area contributed by atoms with Gasteiger partial charge in [0.2, 0.25) is 5.91 Å². The van der Waals surface area contributed by atoms with Crippen LogP contribution < -0.4 is 0 Å². The summed E-state index contributed by atoms with van der Waals surface area (Å²) in [6.45, 7) is 7.50. The molecule has 0 saturated carbocycles. The highest BCUT2D eigenvalue weighted by Crippen LogP contribution is 2.15. The van der Waals surface area contributed by atoms with Crippen LogP contribution in [0.15, 0.2) is 0 Å². The maximum absolute atomic E-state index is 10.9. The molecule has 0 aromatic carbocycles. The molecule has 3 nitrogen and oxygen atoms in total. The number of aliphatic hydroxyl groups excluding tert-OH is 1. The zero-order chi connectivity index (χ0) is 10.3. The second-order valence-corrected chi connectivity index (χ2v) is 3.22. The van der Waals surface area contributed by atoms with Crippen LogP contribution in [-0.2, 0) is 4.79 Å². The standard InChI is InChI=1S/C8H15NO2.C2H6/c1-7-2-4-9(5-3-7)8(11)6-10;1-2/h7,10H,2-6H2,1H3;1-2H3. The third-order valence-corrected chi connectivity index (χ3v) is 2.27. The highest BCUT2D eigenvalue weighted by Gasteiger charge is 2.18. The number of nitrogens with zero attached hydrogens (tertiary/aromatic N) is 1. The van der Waals surface area contributed by atoms with Gasteiger partial charge in [0.1, 0.15) is 6.61 Å². The first kappa shape index (κ1) is 12.4. The van der Waals surface area contributed by atoms with Crippen LogP contribution in [-0.4, -0.2) is 35.6 Å². The van der Waals surface area contributed by atoms with E-state index < -0.39 is 0 Å². The molecule has 78 valence electrons. The molecule has 0 unspecified atom stereocenters. The van der Waals surface area contributed by atoms with Gasteiger partial charge in [0.05, 0.1) is 0 Å². The summed E-state index contributed by atoms with van der Waals surface area (Å²) >= 11 is 0. The van der Waals surface area contributed by atoms with Crippen molar-refractivity contribution in [2.24, 2.45) is 5.92 Å². The van der Waals surface area contributed by atoms with Gasteiger partial charge in [-0.1, -0.05) is 20.8 Å². The Kier molecular flexibility index (Phi) is 6.59. The lowest BCUT2D eigenvalue weighted by atomic mass is 9.99. The van der Waals surface area contributed by atoms with E-state index in [1.807, 2.05) is 13.8 Å². The number of carbonyl (C=O) groups excluding carboxylic acids is 1. The van der Waals surface area contributed by atoms with Crippen molar-refractivity contribution < 1.29 is 9.90 Å². The Bertz CT molecular complexity index is 140. The van der Waals surface area contributed by atoms with Crippen molar-refractivity contribution in [1.82, 2.24) is 4.90 Å². The van der Waals surface area contributed by atoms with Gasteiger partial charge in [-0.15, -0.1) is 0 Å². The lowest BCUT2D eigenvalue weighted by Gasteiger charge is -2.29. The van der Waals surface area contributed by atoms with Gasteiger partial charge < -0.3 is 10.0 Å². The van der Waals surface area contributed by atoms with Crippen LogP contribution in [0, 0.1) is 5.92 Å². The van der Waals surface area contributed by atoms with E-state index in [9.17, 15) is 4.79 Å². The van der Waals surface area contributed by atoms with E-state index >= 15 is 0 Å². The van der Waals surface area contributed by atoms with E-state index in [4.69, 9.17) is 5.11 Å². The highest BCUT2D eigenvalue weighted by molar-refractivity contribution is 5.77. The molecule has 0 aromatic heterocycles. The Morgan fingerprint density at radius 2 is 1.85 bits per heavy atom. The summed E-state index contributed by atoms with van der Waals surface area (Å²) in [5, 5.41) is 8.56. The van der Waals surface area contributed by atoms with Gasteiger partial charge in [-0.2, -0.15) is 0 Å². The number of amides is 1. The maximum atomic E-state index is 10.9. The Balaban J connectivity index is 0.000000671. The molecule has 0 aliphatic carbocycles. The Morgan fingerprint density at radius 1 is 1.38 bits per heavy atom. The minimum absolute atomic E-state index is 0.128. The minimum atomic E-state index is -0.339. The van der Waals surface area contributed by atoms with Crippen molar-refractivity contribution in [3.8, 4) is 0 Å². The van der Waals surface area contributed by atoms with Crippen LogP contribution in [0.3, 0.4) is 0 Å². The van der Waals surface area contributed by atoms with E-state index in [-0.39, 0.29) is 12.5 Å². The Labute approximate surface area is 80.7 Å². The first-order valence-electron chi connectivity index (χ1n) is 5.12. The van der Waals surface area contributed by atoms with Crippen LogP contribution in [0.2, 0.25) is 0 Å². The SMILES string of the molecule is CC.CC1CCN(C(=O)CO)CC1. The van der Waals surface area contributed by atoms with Crippen molar-refractivity contribution in [3.63, 3.8) is 0 Å². The molecule has 3 heteroatoms. The minimum Gasteiger partial charge on any atom is -0.387 e.